The molecule has 0 unspecified atom stereocenters. The van der Waals surface area contributed by atoms with Crippen LogP contribution in [0.4, 0.5) is 4.79 Å². The predicted molar refractivity (Wildman–Crippen MR) is 92.7 cm³/mol. The molecule has 1 N–H and O–H groups in total. The number of amides is 1. The number of rotatable bonds is 3. The van der Waals surface area contributed by atoms with Crippen molar-refractivity contribution in [1.29, 1.82) is 0 Å². The monoisotopic (exact) mass is 371 g/mol. The zero-order chi connectivity index (χ0) is 19.0. The highest BCUT2D eigenvalue weighted by atomic mass is 16.5. The summed E-state index contributed by atoms with van der Waals surface area (Å²) in [6.45, 7) is 0.912. The van der Waals surface area contributed by atoms with E-state index in [0.29, 0.717) is 42.8 Å². The number of likely N-dealkylation sites (tertiary alicyclic amines) is 1. The van der Waals surface area contributed by atoms with E-state index in [9.17, 15) is 9.59 Å². The van der Waals surface area contributed by atoms with E-state index in [0.717, 1.165) is 0 Å². The molecule has 3 aromatic heterocycles. The largest absolute Gasteiger partial charge is 0.465 e. The minimum Gasteiger partial charge on any atom is -0.465 e. The molecule has 3 aromatic rings. The molecule has 1 amide bonds. The lowest BCUT2D eigenvalue weighted by Gasteiger charge is -2.30. The van der Waals surface area contributed by atoms with E-state index in [-0.39, 0.29) is 17.5 Å². The van der Waals surface area contributed by atoms with E-state index in [2.05, 4.69) is 20.2 Å². The van der Waals surface area contributed by atoms with Crippen molar-refractivity contribution < 1.29 is 14.6 Å². The van der Waals surface area contributed by atoms with E-state index in [1.165, 1.54) is 35.1 Å². The number of fused-ring (bicyclic) bond motifs is 1. The van der Waals surface area contributed by atoms with Gasteiger partial charge in [-0.05, 0) is 12.8 Å². The molecule has 1 saturated heterocycles. The minimum atomic E-state index is -0.901. The van der Waals surface area contributed by atoms with E-state index in [4.69, 9.17) is 9.84 Å². The molecule has 1 aliphatic rings. The number of piperidine rings is 1. The second-order valence-electron chi connectivity index (χ2n) is 6.24. The molecule has 0 aromatic carbocycles. The summed E-state index contributed by atoms with van der Waals surface area (Å²) in [6.07, 6.45) is 3.42. The molecule has 140 valence electrons. The fourth-order valence-corrected chi connectivity index (χ4v) is 3.13. The van der Waals surface area contributed by atoms with Gasteiger partial charge in [0.15, 0.2) is 5.65 Å². The highest BCUT2D eigenvalue weighted by molar-refractivity contribution is 5.80. The first-order chi connectivity index (χ1) is 13.0. The molecular formula is C16H17N7O4. The third kappa shape index (κ3) is 3.18. The Kier molecular flexibility index (Phi) is 4.18. The highest BCUT2D eigenvalue weighted by Gasteiger charge is 2.26. The molecule has 1 aliphatic heterocycles. The van der Waals surface area contributed by atoms with Crippen molar-refractivity contribution >= 4 is 17.1 Å². The number of aromatic nitrogens is 6. The maximum atomic E-state index is 11.4. The number of hydrogen-bond donors (Lipinski definition) is 1. The van der Waals surface area contributed by atoms with Gasteiger partial charge in [-0.3, -0.25) is 4.79 Å². The van der Waals surface area contributed by atoms with Crippen LogP contribution >= 0.6 is 0 Å². The lowest BCUT2D eigenvalue weighted by atomic mass is 10.1. The number of aryl methyl sites for hydroxylation is 1. The Hall–Kier alpha value is -3.50. The van der Waals surface area contributed by atoms with Gasteiger partial charge in [-0.2, -0.15) is 5.10 Å². The Balaban J connectivity index is 1.61. The standard InChI is InChI=1S/C16H17N7O4/c1-21-13(24)3-2-12(20-21)27-15-11-8-19-23(14(11)17-9-18-15)10-4-6-22(7-5-10)16(25)26/h2-3,8-10H,4-7H2,1H3,(H,25,26). The Labute approximate surface area is 152 Å². The first-order valence-electron chi connectivity index (χ1n) is 8.41. The molecule has 0 spiro atoms. The Morgan fingerprint density at radius 3 is 2.74 bits per heavy atom. The molecule has 11 nitrogen and oxygen atoms in total. The number of carboxylic acid groups (broad SMARTS) is 1. The van der Waals surface area contributed by atoms with E-state index < -0.39 is 6.09 Å². The van der Waals surface area contributed by atoms with E-state index in [1.54, 1.807) is 10.9 Å². The van der Waals surface area contributed by atoms with Crippen molar-refractivity contribution in [3.63, 3.8) is 0 Å². The molecule has 0 aliphatic carbocycles. The van der Waals surface area contributed by atoms with Crippen LogP contribution in [-0.2, 0) is 7.05 Å². The molecule has 4 rings (SSSR count). The van der Waals surface area contributed by atoms with Gasteiger partial charge in [0.1, 0.15) is 11.7 Å². The third-order valence-corrected chi connectivity index (χ3v) is 4.57. The fraction of sp³-hybridized carbons (Fsp3) is 0.375. The maximum absolute atomic E-state index is 11.4. The van der Waals surface area contributed by atoms with Crippen LogP contribution in [0.25, 0.3) is 11.0 Å². The summed E-state index contributed by atoms with van der Waals surface area (Å²) in [5.41, 5.74) is 0.370. The van der Waals surface area contributed by atoms with Gasteiger partial charge in [-0.1, -0.05) is 0 Å². The fourth-order valence-electron chi connectivity index (χ4n) is 3.13. The van der Waals surface area contributed by atoms with E-state index >= 15 is 0 Å². The van der Waals surface area contributed by atoms with Crippen LogP contribution in [0.15, 0.2) is 29.5 Å². The van der Waals surface area contributed by atoms with Crippen LogP contribution in [0, 0.1) is 0 Å². The minimum absolute atomic E-state index is 0.0523. The number of carbonyl (C=O) groups is 1. The van der Waals surface area contributed by atoms with Crippen molar-refractivity contribution in [1.82, 2.24) is 34.4 Å². The third-order valence-electron chi connectivity index (χ3n) is 4.57. The van der Waals surface area contributed by atoms with Crippen LogP contribution < -0.4 is 10.3 Å². The molecular weight excluding hydrogens is 354 g/mol. The zero-order valence-electron chi connectivity index (χ0n) is 14.5. The zero-order valence-corrected chi connectivity index (χ0v) is 14.5. The van der Waals surface area contributed by atoms with Crippen molar-refractivity contribution in [3.05, 3.63) is 35.0 Å². The molecule has 27 heavy (non-hydrogen) atoms. The van der Waals surface area contributed by atoms with Gasteiger partial charge >= 0.3 is 6.09 Å². The Morgan fingerprint density at radius 2 is 2.04 bits per heavy atom. The van der Waals surface area contributed by atoms with E-state index in [1.807, 2.05) is 0 Å². The van der Waals surface area contributed by atoms with Gasteiger partial charge in [-0.25, -0.2) is 24.1 Å². The first kappa shape index (κ1) is 16.9. The van der Waals surface area contributed by atoms with Crippen LogP contribution in [0.5, 0.6) is 11.8 Å². The average Bonchev–Trinajstić information content (AvgIpc) is 3.10. The number of ether oxygens (including phenoxy) is 1. The van der Waals surface area contributed by atoms with Crippen LogP contribution in [-0.4, -0.2) is 58.7 Å². The molecule has 0 radical (unpaired) electrons. The first-order valence-corrected chi connectivity index (χ1v) is 8.41. The smallest absolute Gasteiger partial charge is 0.407 e. The van der Waals surface area contributed by atoms with Crippen molar-refractivity contribution in [2.45, 2.75) is 18.9 Å². The lowest BCUT2D eigenvalue weighted by molar-refractivity contribution is 0.124. The lowest BCUT2D eigenvalue weighted by Crippen LogP contribution is -2.38. The summed E-state index contributed by atoms with van der Waals surface area (Å²) in [6, 6.07) is 2.89. The maximum Gasteiger partial charge on any atom is 0.407 e. The summed E-state index contributed by atoms with van der Waals surface area (Å²) in [4.78, 5) is 32.4. The molecule has 11 heteroatoms. The predicted octanol–water partition coefficient (Wildman–Crippen LogP) is 1.03. The summed E-state index contributed by atoms with van der Waals surface area (Å²) in [5, 5.41) is 18.1. The SMILES string of the molecule is Cn1nc(Oc2ncnc3c2cnn3C2CCN(C(=O)O)CC2)ccc1=O. The summed E-state index contributed by atoms with van der Waals surface area (Å²) < 4.78 is 8.68. The molecule has 0 bridgehead atoms. The molecule has 1 fully saturated rings. The molecule has 4 heterocycles. The van der Waals surface area contributed by atoms with Gasteiger partial charge in [0.2, 0.25) is 11.8 Å². The number of hydrogen-bond acceptors (Lipinski definition) is 7. The van der Waals surface area contributed by atoms with Crippen LogP contribution in [0.3, 0.4) is 0 Å². The van der Waals surface area contributed by atoms with Gasteiger partial charge in [0.05, 0.1) is 12.2 Å². The van der Waals surface area contributed by atoms with Crippen LogP contribution in [0.1, 0.15) is 18.9 Å². The second-order valence-corrected chi connectivity index (χ2v) is 6.24. The molecule has 0 saturated carbocycles. The normalized spacial score (nSPS) is 15.2. The summed E-state index contributed by atoms with van der Waals surface area (Å²) in [7, 11) is 1.53. The highest BCUT2D eigenvalue weighted by Crippen LogP contribution is 2.29. The van der Waals surface area contributed by atoms with Crippen molar-refractivity contribution in [3.8, 4) is 11.8 Å². The van der Waals surface area contributed by atoms with Gasteiger partial charge < -0.3 is 14.7 Å². The second kappa shape index (κ2) is 6.67. The number of nitrogens with zero attached hydrogens (tertiary/aromatic N) is 7. The quantitative estimate of drug-likeness (QED) is 0.723. The van der Waals surface area contributed by atoms with Gasteiger partial charge in [0.25, 0.3) is 5.56 Å². The Morgan fingerprint density at radius 1 is 1.26 bits per heavy atom. The molecule has 0 atom stereocenters. The summed E-state index contributed by atoms with van der Waals surface area (Å²) >= 11 is 0. The topological polar surface area (TPSA) is 128 Å². The van der Waals surface area contributed by atoms with Crippen LogP contribution in [0.2, 0.25) is 0 Å². The average molecular weight is 371 g/mol. The Bertz CT molecular complexity index is 1050. The van der Waals surface area contributed by atoms with Gasteiger partial charge in [0, 0.05) is 32.3 Å². The summed E-state index contributed by atoms with van der Waals surface area (Å²) in [5.74, 6) is 0.528. The van der Waals surface area contributed by atoms with Gasteiger partial charge in [-0.15, -0.1) is 5.10 Å². The van der Waals surface area contributed by atoms with Crippen molar-refractivity contribution in [2.24, 2.45) is 7.05 Å². The van der Waals surface area contributed by atoms with Crippen molar-refractivity contribution in [2.75, 3.05) is 13.1 Å².